The van der Waals surface area contributed by atoms with Gasteiger partial charge >= 0.3 is 0 Å². The normalized spacial score (nSPS) is 16.1. The van der Waals surface area contributed by atoms with Gasteiger partial charge < -0.3 is 15.7 Å². The zero-order valence-electron chi connectivity index (χ0n) is 12.9. The Bertz CT molecular complexity index is 647. The van der Waals surface area contributed by atoms with Crippen molar-refractivity contribution in [2.75, 3.05) is 35.8 Å². The Morgan fingerprint density at radius 1 is 1.35 bits per heavy atom. The number of nitrogens with one attached hydrogen (secondary N) is 1. The molecule has 1 aliphatic heterocycles. The number of hydrogen-bond acceptors (Lipinski definition) is 7. The molecule has 1 aliphatic rings. The highest BCUT2D eigenvalue weighted by atomic mass is 32.1. The third kappa shape index (κ3) is 4.20. The zero-order chi connectivity index (χ0) is 16.1. The molecule has 0 saturated carbocycles. The molecule has 0 unspecified atom stereocenters. The molecule has 0 atom stereocenters. The summed E-state index contributed by atoms with van der Waals surface area (Å²) in [6.07, 6.45) is 3.88. The van der Waals surface area contributed by atoms with Crippen molar-refractivity contribution < 1.29 is 5.11 Å². The number of piperidine rings is 1. The molecule has 0 radical (unpaired) electrons. The smallest absolute Gasteiger partial charge is 0.205 e. The second-order valence-electron chi connectivity index (χ2n) is 5.65. The van der Waals surface area contributed by atoms with Crippen molar-refractivity contribution in [1.29, 1.82) is 0 Å². The summed E-state index contributed by atoms with van der Waals surface area (Å²) in [5.41, 5.74) is 10.7. The third-order valence-corrected chi connectivity index (χ3v) is 4.79. The van der Waals surface area contributed by atoms with Crippen molar-refractivity contribution in [2.45, 2.75) is 12.8 Å². The van der Waals surface area contributed by atoms with Crippen LogP contribution in [0, 0.1) is 5.92 Å². The van der Waals surface area contributed by atoms with E-state index in [1.165, 1.54) is 17.0 Å². The minimum absolute atomic E-state index is 0.307. The number of aliphatic hydroxyl groups is 1. The number of anilines is 3. The van der Waals surface area contributed by atoms with Crippen molar-refractivity contribution in [3.8, 4) is 0 Å². The van der Waals surface area contributed by atoms with E-state index in [2.05, 4.69) is 44.7 Å². The number of thiazole rings is 1. The van der Waals surface area contributed by atoms with Gasteiger partial charge in [-0.25, -0.2) is 4.98 Å². The van der Waals surface area contributed by atoms with Crippen molar-refractivity contribution in [3.63, 3.8) is 0 Å². The molecule has 122 valence electrons. The number of rotatable bonds is 5. The highest BCUT2D eigenvalue weighted by Crippen LogP contribution is 2.23. The maximum Gasteiger partial charge on any atom is 0.205 e. The van der Waals surface area contributed by atoms with Crippen LogP contribution < -0.4 is 16.1 Å². The monoisotopic (exact) mass is 331 g/mol. The van der Waals surface area contributed by atoms with Crippen LogP contribution >= 0.6 is 11.3 Å². The lowest BCUT2D eigenvalue weighted by Crippen LogP contribution is -2.34. The summed E-state index contributed by atoms with van der Waals surface area (Å²) in [6.45, 7) is 2.32. The number of aromatic nitrogens is 1. The minimum atomic E-state index is 0.307. The molecule has 23 heavy (non-hydrogen) atoms. The van der Waals surface area contributed by atoms with Crippen LogP contribution in [-0.2, 0) is 0 Å². The molecular formula is C16H21N5OS. The summed E-state index contributed by atoms with van der Waals surface area (Å²) in [5, 5.41) is 15.8. The first-order valence-electron chi connectivity index (χ1n) is 7.70. The number of aliphatic hydroxyl groups excluding tert-OH is 1. The van der Waals surface area contributed by atoms with Gasteiger partial charge in [-0.2, -0.15) is 5.10 Å². The fourth-order valence-corrected chi connectivity index (χ4v) is 3.19. The van der Waals surface area contributed by atoms with E-state index < -0.39 is 0 Å². The summed E-state index contributed by atoms with van der Waals surface area (Å²) in [4.78, 5) is 6.44. The number of nitrogen functional groups attached to an aromatic ring is 1. The lowest BCUT2D eigenvalue weighted by atomic mass is 9.97. The number of nitrogens with zero attached hydrogens (tertiary/aromatic N) is 3. The van der Waals surface area contributed by atoms with Crippen molar-refractivity contribution in [1.82, 2.24) is 4.98 Å². The Labute approximate surface area is 139 Å². The Morgan fingerprint density at radius 2 is 2.09 bits per heavy atom. The predicted molar refractivity (Wildman–Crippen MR) is 96.2 cm³/mol. The predicted octanol–water partition coefficient (Wildman–Crippen LogP) is 2.38. The van der Waals surface area contributed by atoms with E-state index in [9.17, 15) is 5.11 Å². The van der Waals surface area contributed by atoms with Gasteiger partial charge in [-0.15, -0.1) is 11.3 Å². The molecule has 6 nitrogen and oxygen atoms in total. The van der Waals surface area contributed by atoms with Crippen LogP contribution in [0.15, 0.2) is 34.7 Å². The van der Waals surface area contributed by atoms with E-state index in [-0.39, 0.29) is 0 Å². The molecule has 4 N–H and O–H groups in total. The summed E-state index contributed by atoms with van der Waals surface area (Å²) in [6, 6.07) is 8.33. The molecule has 1 fully saturated rings. The van der Waals surface area contributed by atoms with E-state index in [4.69, 9.17) is 5.73 Å². The van der Waals surface area contributed by atoms with Crippen LogP contribution in [0.1, 0.15) is 18.4 Å². The maximum absolute atomic E-state index is 9.20. The van der Waals surface area contributed by atoms with Gasteiger partial charge in [-0.3, -0.25) is 5.43 Å². The molecule has 1 aromatic carbocycles. The van der Waals surface area contributed by atoms with E-state index in [0.717, 1.165) is 31.5 Å². The molecule has 7 heteroatoms. The third-order valence-electron chi connectivity index (χ3n) is 4.03. The molecule has 1 saturated heterocycles. The number of hydrazone groups is 1. The molecule has 0 spiro atoms. The average Bonchev–Trinajstić information content (AvgIpc) is 3.01. The maximum atomic E-state index is 9.20. The fourth-order valence-electron chi connectivity index (χ4n) is 2.64. The van der Waals surface area contributed by atoms with Crippen LogP contribution in [0.3, 0.4) is 0 Å². The number of hydrogen-bond donors (Lipinski definition) is 3. The van der Waals surface area contributed by atoms with Gasteiger partial charge in [-0.05, 0) is 36.5 Å². The van der Waals surface area contributed by atoms with Crippen molar-refractivity contribution >= 4 is 34.2 Å². The number of benzene rings is 1. The average molecular weight is 331 g/mol. The van der Waals surface area contributed by atoms with Crippen LogP contribution in [0.2, 0.25) is 0 Å². The summed E-state index contributed by atoms with van der Waals surface area (Å²) in [5.74, 6) is 0.964. The van der Waals surface area contributed by atoms with Gasteiger partial charge in [0.05, 0.1) is 6.21 Å². The quantitative estimate of drug-likeness (QED) is 0.578. The Hall–Kier alpha value is -2.12. The van der Waals surface area contributed by atoms with E-state index in [1.807, 2.05) is 0 Å². The van der Waals surface area contributed by atoms with Crippen molar-refractivity contribution in [3.05, 3.63) is 35.2 Å². The summed E-state index contributed by atoms with van der Waals surface area (Å²) in [7, 11) is 0. The SMILES string of the molecule is Nc1csc(NN=Cc2ccc(N3CCC(CO)CC3)cc2)n1. The molecule has 2 heterocycles. The van der Waals surface area contributed by atoms with Crippen LogP contribution in [-0.4, -0.2) is 36.0 Å². The van der Waals surface area contributed by atoms with Gasteiger partial charge in [0.25, 0.3) is 0 Å². The topological polar surface area (TPSA) is 86.8 Å². The second kappa shape index (κ2) is 7.43. The van der Waals surface area contributed by atoms with Crippen LogP contribution in [0.5, 0.6) is 0 Å². The fraction of sp³-hybridized carbons (Fsp3) is 0.375. The lowest BCUT2D eigenvalue weighted by Gasteiger charge is -2.32. The second-order valence-corrected chi connectivity index (χ2v) is 6.51. The van der Waals surface area contributed by atoms with E-state index >= 15 is 0 Å². The highest BCUT2D eigenvalue weighted by Gasteiger charge is 2.18. The van der Waals surface area contributed by atoms with Gasteiger partial charge in [-0.1, -0.05) is 12.1 Å². The standard InChI is InChI=1S/C16H21N5OS/c17-15-11-23-16(19-15)20-18-9-12-1-3-14(4-2-12)21-7-5-13(10-22)6-8-21/h1-4,9,11,13,22H,5-8,10,17H2,(H,19,20). The molecule has 0 bridgehead atoms. The lowest BCUT2D eigenvalue weighted by molar-refractivity contribution is 0.203. The number of nitrogens with two attached hydrogens (primary N) is 1. The molecule has 0 amide bonds. The summed E-state index contributed by atoms with van der Waals surface area (Å²) >= 11 is 1.42. The Morgan fingerprint density at radius 3 is 2.70 bits per heavy atom. The van der Waals surface area contributed by atoms with Gasteiger partial charge in [0, 0.05) is 30.8 Å². The van der Waals surface area contributed by atoms with Gasteiger partial charge in [0.2, 0.25) is 5.13 Å². The summed E-state index contributed by atoms with van der Waals surface area (Å²) < 4.78 is 0. The Kier molecular flexibility index (Phi) is 5.09. The first-order valence-corrected chi connectivity index (χ1v) is 8.58. The largest absolute Gasteiger partial charge is 0.396 e. The first-order chi connectivity index (χ1) is 11.2. The molecule has 0 aliphatic carbocycles. The van der Waals surface area contributed by atoms with E-state index in [0.29, 0.717) is 23.5 Å². The minimum Gasteiger partial charge on any atom is -0.396 e. The molecule has 1 aromatic heterocycles. The molecule has 3 rings (SSSR count). The molecule has 2 aromatic rings. The van der Waals surface area contributed by atoms with Crippen LogP contribution in [0.25, 0.3) is 0 Å². The Balaban J connectivity index is 1.54. The van der Waals surface area contributed by atoms with Gasteiger partial charge in [0.15, 0.2) is 0 Å². The zero-order valence-corrected chi connectivity index (χ0v) is 13.7. The van der Waals surface area contributed by atoms with Crippen LogP contribution in [0.4, 0.5) is 16.6 Å². The van der Waals surface area contributed by atoms with Gasteiger partial charge in [0.1, 0.15) is 5.82 Å². The van der Waals surface area contributed by atoms with Crippen molar-refractivity contribution in [2.24, 2.45) is 11.0 Å². The first kappa shape index (κ1) is 15.8. The molecular weight excluding hydrogens is 310 g/mol. The van der Waals surface area contributed by atoms with E-state index in [1.54, 1.807) is 11.6 Å². The highest BCUT2D eigenvalue weighted by molar-refractivity contribution is 7.14.